The molecule has 1 aromatic carbocycles. The molecule has 150 valence electrons. The van der Waals surface area contributed by atoms with Crippen molar-refractivity contribution in [1.82, 2.24) is 14.9 Å². The van der Waals surface area contributed by atoms with E-state index >= 15 is 0 Å². The van der Waals surface area contributed by atoms with E-state index in [1.165, 1.54) is 11.3 Å². The lowest BCUT2D eigenvalue weighted by atomic mass is 10.1. The van der Waals surface area contributed by atoms with Crippen molar-refractivity contribution in [1.29, 1.82) is 0 Å². The Hall–Kier alpha value is -2.28. The Morgan fingerprint density at radius 2 is 2.00 bits per heavy atom. The van der Waals surface area contributed by atoms with E-state index in [4.69, 9.17) is 16.6 Å². The second kappa shape index (κ2) is 8.61. The standard InChI is InChI=1S/C22H23ClN4OS/c1-14-5-8-16(9-6-14)21(28)26-22-25-18(13-29-22)19-4-3-11-27(19)12-17-10-7-15(2)24-20(17)23/h5-10,13,19H,3-4,11-12H2,1-2H3,(H,25,26,28). The van der Waals surface area contributed by atoms with E-state index in [2.05, 4.69) is 15.2 Å². The number of likely N-dealkylation sites (tertiary alicyclic amines) is 1. The van der Waals surface area contributed by atoms with Crippen LogP contribution in [0.1, 0.15) is 51.8 Å². The van der Waals surface area contributed by atoms with Crippen LogP contribution in [-0.4, -0.2) is 27.3 Å². The normalized spacial score (nSPS) is 16.9. The van der Waals surface area contributed by atoms with Crippen molar-refractivity contribution in [3.8, 4) is 0 Å². The van der Waals surface area contributed by atoms with E-state index in [9.17, 15) is 4.79 Å². The molecule has 29 heavy (non-hydrogen) atoms. The Morgan fingerprint density at radius 1 is 1.21 bits per heavy atom. The van der Waals surface area contributed by atoms with Gasteiger partial charge >= 0.3 is 0 Å². The molecule has 4 rings (SSSR count). The molecule has 1 amide bonds. The first-order valence-electron chi connectivity index (χ1n) is 9.69. The zero-order chi connectivity index (χ0) is 20.4. The summed E-state index contributed by atoms with van der Waals surface area (Å²) in [5.74, 6) is -0.133. The molecule has 2 aromatic heterocycles. The summed E-state index contributed by atoms with van der Waals surface area (Å²) >= 11 is 7.80. The van der Waals surface area contributed by atoms with Gasteiger partial charge in [-0.3, -0.25) is 15.0 Å². The van der Waals surface area contributed by atoms with Crippen LogP contribution in [0.2, 0.25) is 5.15 Å². The Labute approximate surface area is 179 Å². The maximum Gasteiger partial charge on any atom is 0.257 e. The van der Waals surface area contributed by atoms with E-state index in [1.54, 1.807) is 0 Å². The van der Waals surface area contributed by atoms with E-state index in [0.717, 1.165) is 48.4 Å². The summed E-state index contributed by atoms with van der Waals surface area (Å²) in [5.41, 5.74) is 4.72. The summed E-state index contributed by atoms with van der Waals surface area (Å²) in [6, 6.07) is 11.8. The van der Waals surface area contributed by atoms with Crippen LogP contribution in [0, 0.1) is 13.8 Å². The molecule has 3 heterocycles. The minimum atomic E-state index is -0.133. The van der Waals surface area contributed by atoms with Gasteiger partial charge in [0.15, 0.2) is 5.13 Å². The molecule has 0 aliphatic carbocycles. The van der Waals surface area contributed by atoms with E-state index < -0.39 is 0 Å². The maximum absolute atomic E-state index is 12.4. The number of pyridine rings is 1. The number of rotatable bonds is 5. The van der Waals surface area contributed by atoms with Crippen molar-refractivity contribution in [3.63, 3.8) is 0 Å². The number of hydrogen-bond donors (Lipinski definition) is 1. The highest BCUT2D eigenvalue weighted by Crippen LogP contribution is 2.35. The average Bonchev–Trinajstić information content (AvgIpc) is 3.33. The zero-order valence-corrected chi connectivity index (χ0v) is 18.1. The largest absolute Gasteiger partial charge is 0.298 e. The first-order chi connectivity index (χ1) is 14.0. The molecule has 1 aliphatic rings. The number of halogens is 1. The Morgan fingerprint density at radius 3 is 2.76 bits per heavy atom. The van der Waals surface area contributed by atoms with Crippen LogP contribution in [0.3, 0.4) is 0 Å². The van der Waals surface area contributed by atoms with Crippen molar-refractivity contribution < 1.29 is 4.79 Å². The molecule has 0 spiro atoms. The molecule has 3 aromatic rings. The third kappa shape index (κ3) is 4.66. The predicted molar refractivity (Wildman–Crippen MR) is 118 cm³/mol. The average molecular weight is 427 g/mol. The van der Waals surface area contributed by atoms with Crippen molar-refractivity contribution in [2.45, 2.75) is 39.3 Å². The minimum Gasteiger partial charge on any atom is -0.298 e. The fourth-order valence-electron chi connectivity index (χ4n) is 3.61. The van der Waals surface area contributed by atoms with Crippen LogP contribution in [-0.2, 0) is 6.54 Å². The molecule has 5 nitrogen and oxygen atoms in total. The van der Waals surface area contributed by atoms with Crippen molar-refractivity contribution in [2.24, 2.45) is 0 Å². The van der Waals surface area contributed by atoms with Crippen molar-refractivity contribution in [2.75, 3.05) is 11.9 Å². The smallest absolute Gasteiger partial charge is 0.257 e. The van der Waals surface area contributed by atoms with E-state index in [1.807, 2.05) is 55.6 Å². The highest BCUT2D eigenvalue weighted by atomic mass is 35.5. The molecule has 1 N–H and O–H groups in total. The Kier molecular flexibility index (Phi) is 5.94. The van der Waals surface area contributed by atoms with Gasteiger partial charge < -0.3 is 0 Å². The number of aromatic nitrogens is 2. The van der Waals surface area contributed by atoms with E-state index in [-0.39, 0.29) is 11.9 Å². The monoisotopic (exact) mass is 426 g/mol. The molecule has 1 fully saturated rings. The van der Waals surface area contributed by atoms with Gasteiger partial charge in [0.1, 0.15) is 5.15 Å². The third-order valence-electron chi connectivity index (χ3n) is 5.20. The number of benzene rings is 1. The SMILES string of the molecule is Cc1ccc(C(=O)Nc2nc(C3CCCN3Cc3ccc(C)nc3Cl)cs2)cc1. The summed E-state index contributed by atoms with van der Waals surface area (Å²) in [4.78, 5) is 23.9. The summed E-state index contributed by atoms with van der Waals surface area (Å²) in [6.45, 7) is 5.69. The molecule has 1 aliphatic heterocycles. The second-order valence-corrected chi connectivity index (χ2v) is 8.64. The number of carbonyl (C=O) groups excluding carboxylic acids is 1. The quantitative estimate of drug-likeness (QED) is 0.555. The fourth-order valence-corrected chi connectivity index (χ4v) is 4.62. The Balaban J connectivity index is 1.45. The van der Waals surface area contributed by atoms with Crippen LogP contribution in [0.4, 0.5) is 5.13 Å². The van der Waals surface area contributed by atoms with Gasteiger partial charge in [0.25, 0.3) is 5.91 Å². The third-order valence-corrected chi connectivity index (χ3v) is 6.30. The van der Waals surface area contributed by atoms with Gasteiger partial charge in [0.2, 0.25) is 0 Å². The van der Waals surface area contributed by atoms with Crippen molar-refractivity contribution in [3.05, 3.63) is 75.0 Å². The van der Waals surface area contributed by atoms with Gasteiger partial charge in [-0.15, -0.1) is 11.3 Å². The number of amides is 1. The van der Waals surface area contributed by atoms with Gasteiger partial charge in [0, 0.05) is 28.7 Å². The van der Waals surface area contributed by atoms with Crippen LogP contribution < -0.4 is 5.32 Å². The summed E-state index contributed by atoms with van der Waals surface area (Å²) in [5, 5.41) is 6.17. The number of anilines is 1. The molecular weight excluding hydrogens is 404 g/mol. The van der Waals surface area contributed by atoms with Gasteiger partial charge in [-0.2, -0.15) is 0 Å². The van der Waals surface area contributed by atoms with E-state index in [0.29, 0.717) is 15.8 Å². The topological polar surface area (TPSA) is 58.1 Å². The summed E-state index contributed by atoms with van der Waals surface area (Å²) in [6.07, 6.45) is 2.16. The summed E-state index contributed by atoms with van der Waals surface area (Å²) < 4.78 is 0. The number of nitrogens with one attached hydrogen (secondary N) is 1. The summed E-state index contributed by atoms with van der Waals surface area (Å²) in [7, 11) is 0. The number of hydrogen-bond acceptors (Lipinski definition) is 5. The molecular formula is C22H23ClN4OS. The van der Waals surface area contributed by atoms with Crippen LogP contribution in [0.25, 0.3) is 0 Å². The van der Waals surface area contributed by atoms with Gasteiger partial charge in [0.05, 0.1) is 11.7 Å². The number of aryl methyl sites for hydroxylation is 2. The van der Waals surface area contributed by atoms with Gasteiger partial charge in [-0.05, 0) is 51.4 Å². The predicted octanol–water partition coefficient (Wildman–Crippen LogP) is 5.40. The molecule has 0 bridgehead atoms. The number of carbonyl (C=O) groups is 1. The van der Waals surface area contributed by atoms with Crippen molar-refractivity contribution >= 4 is 34.0 Å². The highest BCUT2D eigenvalue weighted by molar-refractivity contribution is 7.14. The molecule has 0 saturated carbocycles. The lowest BCUT2D eigenvalue weighted by Gasteiger charge is -2.23. The maximum atomic E-state index is 12.4. The first-order valence-corrected chi connectivity index (χ1v) is 10.9. The molecule has 1 saturated heterocycles. The van der Waals surface area contributed by atoms with Crippen LogP contribution in [0.5, 0.6) is 0 Å². The molecule has 7 heteroatoms. The fraction of sp³-hybridized carbons (Fsp3) is 0.318. The molecule has 1 atom stereocenters. The lowest BCUT2D eigenvalue weighted by Crippen LogP contribution is -2.23. The zero-order valence-electron chi connectivity index (χ0n) is 16.5. The minimum absolute atomic E-state index is 0.133. The first kappa shape index (κ1) is 20.0. The lowest BCUT2D eigenvalue weighted by molar-refractivity contribution is 0.102. The number of thiazole rings is 1. The van der Waals surface area contributed by atoms with Crippen LogP contribution in [0.15, 0.2) is 41.8 Å². The second-order valence-electron chi connectivity index (χ2n) is 7.43. The van der Waals surface area contributed by atoms with Gasteiger partial charge in [-0.25, -0.2) is 9.97 Å². The van der Waals surface area contributed by atoms with Crippen LogP contribution >= 0.6 is 22.9 Å². The highest BCUT2D eigenvalue weighted by Gasteiger charge is 2.28. The number of nitrogens with zero attached hydrogens (tertiary/aromatic N) is 3. The molecule has 0 radical (unpaired) electrons. The Bertz CT molecular complexity index is 1020. The molecule has 1 unspecified atom stereocenters. The van der Waals surface area contributed by atoms with Gasteiger partial charge in [-0.1, -0.05) is 35.4 Å².